The Balaban J connectivity index is 3.05. The van der Waals surface area contributed by atoms with Gasteiger partial charge < -0.3 is 0 Å². The molecule has 0 radical (unpaired) electrons. The van der Waals surface area contributed by atoms with E-state index in [1.165, 1.54) is 0 Å². The monoisotopic (exact) mass is 195 g/mol. The van der Waals surface area contributed by atoms with Crippen molar-refractivity contribution in [1.29, 1.82) is 0 Å². The zero-order valence-electron chi connectivity index (χ0n) is 8.13. The number of hydrogen-bond donors (Lipinski definition) is 0. The molecule has 0 aliphatic heterocycles. The Bertz CT molecular complexity index is 323. The molecule has 0 unspecified atom stereocenters. The summed E-state index contributed by atoms with van der Waals surface area (Å²) in [7, 11) is 0. The van der Waals surface area contributed by atoms with Gasteiger partial charge in [-0.25, -0.2) is 4.98 Å². The lowest BCUT2D eigenvalue weighted by atomic mass is 10.1. The average molecular weight is 195 g/mol. The molecule has 3 heteroatoms. The number of ketones is 1. The number of Topliss-reactive ketones (excluding diaryl/α,β-unsaturated/α-hetero) is 1. The van der Waals surface area contributed by atoms with Gasteiger partial charge in [-0.3, -0.25) is 4.79 Å². The summed E-state index contributed by atoms with van der Waals surface area (Å²) in [6.45, 7) is 3.74. The van der Waals surface area contributed by atoms with Crippen LogP contribution in [0.4, 0.5) is 0 Å². The highest BCUT2D eigenvalue weighted by molar-refractivity contribution is 7.98. The second-order valence-electron chi connectivity index (χ2n) is 2.76. The maximum atomic E-state index is 11.4. The number of pyridine rings is 1. The van der Waals surface area contributed by atoms with Crippen LogP contribution in [-0.4, -0.2) is 17.0 Å². The number of rotatable bonds is 3. The van der Waals surface area contributed by atoms with Crippen molar-refractivity contribution in [2.45, 2.75) is 25.3 Å². The van der Waals surface area contributed by atoms with Crippen LogP contribution in [0, 0.1) is 6.92 Å². The molecule has 0 spiro atoms. The molecule has 1 rings (SSSR count). The van der Waals surface area contributed by atoms with Gasteiger partial charge in [0.25, 0.3) is 0 Å². The van der Waals surface area contributed by atoms with Crippen LogP contribution in [0.2, 0.25) is 0 Å². The van der Waals surface area contributed by atoms with Crippen molar-refractivity contribution in [1.82, 2.24) is 4.98 Å². The quantitative estimate of drug-likeness (QED) is 0.548. The van der Waals surface area contributed by atoms with Gasteiger partial charge in [0.2, 0.25) is 0 Å². The first-order valence-corrected chi connectivity index (χ1v) is 5.46. The lowest BCUT2D eigenvalue weighted by molar-refractivity contribution is 0.0987. The highest BCUT2D eigenvalue weighted by atomic mass is 32.2. The highest BCUT2D eigenvalue weighted by Gasteiger charge is 2.07. The maximum absolute atomic E-state index is 11.4. The van der Waals surface area contributed by atoms with E-state index in [0.29, 0.717) is 6.42 Å². The number of thioether (sulfide) groups is 1. The first kappa shape index (κ1) is 10.3. The van der Waals surface area contributed by atoms with E-state index in [4.69, 9.17) is 0 Å². The van der Waals surface area contributed by atoms with Crippen LogP contribution >= 0.6 is 11.8 Å². The third-order valence-corrected chi connectivity index (χ3v) is 2.54. The first-order valence-electron chi connectivity index (χ1n) is 4.24. The molecule has 0 atom stereocenters. The number of aromatic nitrogens is 1. The number of nitrogens with zero attached hydrogens (tertiary/aromatic N) is 1. The van der Waals surface area contributed by atoms with Gasteiger partial charge in [0, 0.05) is 17.7 Å². The molecule has 0 saturated heterocycles. The standard InChI is InChI=1S/C10H13NOS/c1-4-9(12)8-5-6-10(13-3)11-7(8)2/h5-6H,4H2,1-3H3. The van der Waals surface area contributed by atoms with Gasteiger partial charge in [0.05, 0.1) is 5.03 Å². The van der Waals surface area contributed by atoms with E-state index in [1.807, 2.05) is 32.2 Å². The smallest absolute Gasteiger partial charge is 0.164 e. The van der Waals surface area contributed by atoms with Gasteiger partial charge in [0.1, 0.15) is 0 Å². The highest BCUT2D eigenvalue weighted by Crippen LogP contribution is 2.15. The second kappa shape index (κ2) is 4.42. The summed E-state index contributed by atoms with van der Waals surface area (Å²) >= 11 is 1.59. The Kier molecular flexibility index (Phi) is 3.48. The Morgan fingerprint density at radius 3 is 2.69 bits per heavy atom. The molecule has 2 nitrogen and oxygen atoms in total. The van der Waals surface area contributed by atoms with Gasteiger partial charge >= 0.3 is 0 Å². The third-order valence-electron chi connectivity index (χ3n) is 1.89. The molecule has 1 heterocycles. The third kappa shape index (κ3) is 2.31. The SMILES string of the molecule is CCC(=O)c1ccc(SC)nc1C. The molecule has 0 aliphatic carbocycles. The maximum Gasteiger partial charge on any atom is 0.164 e. The normalized spacial score (nSPS) is 10.1. The van der Waals surface area contributed by atoms with E-state index in [0.717, 1.165) is 16.3 Å². The summed E-state index contributed by atoms with van der Waals surface area (Å²) in [5.74, 6) is 0.164. The Labute approximate surface area is 82.8 Å². The average Bonchev–Trinajstić information content (AvgIpc) is 2.16. The minimum Gasteiger partial charge on any atom is -0.294 e. The summed E-state index contributed by atoms with van der Waals surface area (Å²) in [5, 5.41) is 0.963. The number of carbonyl (C=O) groups excluding carboxylic acids is 1. The van der Waals surface area contributed by atoms with E-state index >= 15 is 0 Å². The van der Waals surface area contributed by atoms with Crippen LogP contribution in [0.25, 0.3) is 0 Å². The van der Waals surface area contributed by atoms with Crippen molar-refractivity contribution in [3.05, 3.63) is 23.4 Å². The van der Waals surface area contributed by atoms with Crippen molar-refractivity contribution in [2.75, 3.05) is 6.26 Å². The first-order chi connectivity index (χ1) is 6.19. The molecule has 1 aromatic rings. The van der Waals surface area contributed by atoms with Gasteiger partial charge in [-0.2, -0.15) is 0 Å². The molecule has 1 aromatic heterocycles. The van der Waals surface area contributed by atoms with Crippen LogP contribution < -0.4 is 0 Å². The predicted octanol–water partition coefficient (Wildman–Crippen LogP) is 2.70. The number of hydrogen-bond acceptors (Lipinski definition) is 3. The fourth-order valence-corrected chi connectivity index (χ4v) is 1.57. The fourth-order valence-electron chi connectivity index (χ4n) is 1.14. The summed E-state index contributed by atoms with van der Waals surface area (Å²) in [6, 6.07) is 3.75. The molecule has 13 heavy (non-hydrogen) atoms. The molecule has 0 saturated carbocycles. The van der Waals surface area contributed by atoms with Gasteiger partial charge in [-0.1, -0.05) is 6.92 Å². The van der Waals surface area contributed by atoms with E-state index in [-0.39, 0.29) is 5.78 Å². The largest absolute Gasteiger partial charge is 0.294 e. The van der Waals surface area contributed by atoms with Crippen LogP contribution in [-0.2, 0) is 0 Å². The van der Waals surface area contributed by atoms with E-state index < -0.39 is 0 Å². The predicted molar refractivity (Wildman–Crippen MR) is 55.4 cm³/mol. The molecular formula is C10H13NOS. The summed E-state index contributed by atoms with van der Waals surface area (Å²) < 4.78 is 0. The Morgan fingerprint density at radius 1 is 1.54 bits per heavy atom. The summed E-state index contributed by atoms with van der Waals surface area (Å²) in [4.78, 5) is 15.7. The summed E-state index contributed by atoms with van der Waals surface area (Å²) in [6.07, 6.45) is 2.52. The lowest BCUT2D eigenvalue weighted by Crippen LogP contribution is -2.01. The zero-order valence-corrected chi connectivity index (χ0v) is 8.94. The fraction of sp³-hybridized carbons (Fsp3) is 0.400. The van der Waals surface area contributed by atoms with Crippen LogP contribution in [0.3, 0.4) is 0 Å². The van der Waals surface area contributed by atoms with Crippen molar-refractivity contribution in [3.8, 4) is 0 Å². The van der Waals surface area contributed by atoms with Crippen molar-refractivity contribution < 1.29 is 4.79 Å². The lowest BCUT2D eigenvalue weighted by Gasteiger charge is -2.03. The van der Waals surface area contributed by atoms with Gasteiger partial charge in [-0.05, 0) is 25.3 Å². The molecule has 0 bridgehead atoms. The van der Waals surface area contributed by atoms with Gasteiger partial charge in [-0.15, -0.1) is 11.8 Å². The molecule has 0 aliphatic rings. The number of carbonyl (C=O) groups is 1. The van der Waals surface area contributed by atoms with Crippen LogP contribution in [0.15, 0.2) is 17.2 Å². The Morgan fingerprint density at radius 2 is 2.23 bits per heavy atom. The molecule has 0 N–H and O–H groups in total. The van der Waals surface area contributed by atoms with E-state index in [9.17, 15) is 4.79 Å². The van der Waals surface area contributed by atoms with Crippen molar-refractivity contribution >= 4 is 17.5 Å². The van der Waals surface area contributed by atoms with E-state index in [1.54, 1.807) is 11.8 Å². The van der Waals surface area contributed by atoms with Crippen molar-refractivity contribution in [3.63, 3.8) is 0 Å². The minimum atomic E-state index is 0.164. The minimum absolute atomic E-state index is 0.164. The topological polar surface area (TPSA) is 30.0 Å². The van der Waals surface area contributed by atoms with Crippen LogP contribution in [0.5, 0.6) is 0 Å². The van der Waals surface area contributed by atoms with E-state index in [2.05, 4.69) is 4.98 Å². The summed E-state index contributed by atoms with van der Waals surface area (Å²) in [5.41, 5.74) is 1.58. The van der Waals surface area contributed by atoms with Crippen LogP contribution in [0.1, 0.15) is 29.4 Å². The second-order valence-corrected chi connectivity index (χ2v) is 3.59. The zero-order chi connectivity index (χ0) is 9.84. The van der Waals surface area contributed by atoms with Gasteiger partial charge in [0.15, 0.2) is 5.78 Å². The Hall–Kier alpha value is -0.830. The molecule has 0 amide bonds. The van der Waals surface area contributed by atoms with Crippen molar-refractivity contribution in [2.24, 2.45) is 0 Å². The number of aryl methyl sites for hydroxylation is 1. The molecule has 0 aromatic carbocycles. The molecule has 0 fully saturated rings. The molecule has 70 valence electrons. The molecular weight excluding hydrogens is 182 g/mol.